The maximum Gasteiger partial charge on any atom is 0.240 e. The molecule has 128 valence electrons. The molecule has 0 aliphatic carbocycles. The second-order valence-electron chi connectivity index (χ2n) is 5.22. The summed E-state index contributed by atoms with van der Waals surface area (Å²) in [6, 6.07) is 13.1. The fourth-order valence-electron chi connectivity index (χ4n) is 2.41. The van der Waals surface area contributed by atoms with Gasteiger partial charge in [0.2, 0.25) is 10.0 Å². The third-order valence-electron chi connectivity index (χ3n) is 3.55. The van der Waals surface area contributed by atoms with Crippen molar-refractivity contribution in [1.82, 2.24) is 4.98 Å². The zero-order valence-electron chi connectivity index (χ0n) is 12.6. The van der Waals surface area contributed by atoms with Crippen LogP contribution in [-0.2, 0) is 10.0 Å². The van der Waals surface area contributed by atoms with Gasteiger partial charge in [0.05, 0.1) is 5.69 Å². The van der Waals surface area contributed by atoms with Crippen molar-refractivity contribution in [3.8, 4) is 22.4 Å². The molecule has 0 saturated heterocycles. The van der Waals surface area contributed by atoms with Gasteiger partial charge in [-0.3, -0.25) is 4.98 Å². The Balaban J connectivity index is 2.16. The average molecular weight is 486 g/mol. The second-order valence-corrected chi connectivity index (χ2v) is 8.46. The Morgan fingerprint density at radius 3 is 2.32 bits per heavy atom. The highest BCUT2D eigenvalue weighted by Crippen LogP contribution is 2.34. The SMILES string of the molecule is NS(=O)(=O)c1ccc(-c2ncccc2-c2ccc(Br)c(Br)c2)cc1F. The van der Waals surface area contributed by atoms with Crippen LogP contribution in [0.3, 0.4) is 0 Å². The fraction of sp³-hybridized carbons (Fsp3) is 0. The quantitative estimate of drug-likeness (QED) is 0.582. The first-order valence-electron chi connectivity index (χ1n) is 7.00. The number of nitrogens with two attached hydrogens (primary N) is 1. The number of sulfonamides is 1. The molecule has 0 atom stereocenters. The number of pyridine rings is 1. The van der Waals surface area contributed by atoms with Gasteiger partial charge in [-0.15, -0.1) is 0 Å². The van der Waals surface area contributed by atoms with E-state index in [0.29, 0.717) is 11.3 Å². The van der Waals surface area contributed by atoms with Crippen molar-refractivity contribution in [1.29, 1.82) is 0 Å². The van der Waals surface area contributed by atoms with Crippen molar-refractivity contribution >= 4 is 41.9 Å². The van der Waals surface area contributed by atoms with Crippen LogP contribution in [0.5, 0.6) is 0 Å². The minimum Gasteiger partial charge on any atom is -0.256 e. The van der Waals surface area contributed by atoms with Crippen LogP contribution in [0.25, 0.3) is 22.4 Å². The molecule has 8 heteroatoms. The third kappa shape index (κ3) is 3.82. The summed E-state index contributed by atoms with van der Waals surface area (Å²) >= 11 is 6.88. The number of nitrogens with zero attached hydrogens (tertiary/aromatic N) is 1. The lowest BCUT2D eigenvalue weighted by Gasteiger charge is -2.11. The van der Waals surface area contributed by atoms with E-state index >= 15 is 0 Å². The number of hydrogen-bond acceptors (Lipinski definition) is 3. The first-order chi connectivity index (χ1) is 11.8. The van der Waals surface area contributed by atoms with Crippen molar-refractivity contribution in [3.05, 3.63) is 69.5 Å². The van der Waals surface area contributed by atoms with Crippen LogP contribution in [0, 0.1) is 5.82 Å². The normalized spacial score (nSPS) is 11.5. The maximum absolute atomic E-state index is 14.2. The molecular weight excluding hydrogens is 475 g/mol. The lowest BCUT2D eigenvalue weighted by molar-refractivity contribution is 0.568. The molecule has 25 heavy (non-hydrogen) atoms. The molecule has 4 nitrogen and oxygen atoms in total. The van der Waals surface area contributed by atoms with Crippen LogP contribution in [0.4, 0.5) is 4.39 Å². The Bertz CT molecular complexity index is 1070. The van der Waals surface area contributed by atoms with Gasteiger partial charge in [-0.25, -0.2) is 17.9 Å². The first-order valence-corrected chi connectivity index (χ1v) is 10.1. The van der Waals surface area contributed by atoms with E-state index in [1.807, 2.05) is 24.3 Å². The van der Waals surface area contributed by atoms with Gasteiger partial charge in [0.15, 0.2) is 0 Å². The molecule has 1 aromatic heterocycles. The Labute approximate surface area is 161 Å². The molecule has 2 N–H and O–H groups in total. The van der Waals surface area contributed by atoms with Gasteiger partial charge >= 0.3 is 0 Å². The van der Waals surface area contributed by atoms with Crippen molar-refractivity contribution in [2.45, 2.75) is 4.90 Å². The van der Waals surface area contributed by atoms with Gasteiger partial charge in [-0.2, -0.15) is 0 Å². The monoisotopic (exact) mass is 484 g/mol. The van der Waals surface area contributed by atoms with Crippen LogP contribution >= 0.6 is 31.9 Å². The number of benzene rings is 2. The molecule has 3 rings (SSSR count). The smallest absolute Gasteiger partial charge is 0.240 e. The van der Waals surface area contributed by atoms with E-state index in [-0.39, 0.29) is 0 Å². The van der Waals surface area contributed by atoms with E-state index in [4.69, 9.17) is 5.14 Å². The molecule has 0 spiro atoms. The fourth-order valence-corrected chi connectivity index (χ4v) is 3.62. The van der Waals surface area contributed by atoms with E-state index in [2.05, 4.69) is 36.8 Å². The number of primary sulfonamides is 1. The molecule has 0 bridgehead atoms. The molecule has 0 aliphatic heterocycles. The topological polar surface area (TPSA) is 73.1 Å². The van der Waals surface area contributed by atoms with Gasteiger partial charge < -0.3 is 0 Å². The minimum absolute atomic E-state index is 0.458. The molecule has 2 aromatic carbocycles. The highest BCUT2D eigenvalue weighted by atomic mass is 79.9. The van der Waals surface area contributed by atoms with E-state index < -0.39 is 20.7 Å². The molecular formula is C17H11Br2FN2O2S. The molecule has 0 amide bonds. The summed E-state index contributed by atoms with van der Waals surface area (Å²) in [5, 5.41) is 5.01. The van der Waals surface area contributed by atoms with Crippen molar-refractivity contribution in [2.75, 3.05) is 0 Å². The standard InChI is InChI=1S/C17H11Br2FN2O2S/c18-13-5-3-10(8-14(13)19)12-2-1-7-22-17(12)11-4-6-16(15(20)9-11)25(21,23)24/h1-9H,(H2,21,23,24). The van der Waals surface area contributed by atoms with Crippen molar-refractivity contribution in [3.63, 3.8) is 0 Å². The summed E-state index contributed by atoms with van der Waals surface area (Å²) in [6.07, 6.45) is 1.60. The highest BCUT2D eigenvalue weighted by molar-refractivity contribution is 9.13. The predicted octanol–water partition coefficient (Wildman–Crippen LogP) is 4.73. The summed E-state index contributed by atoms with van der Waals surface area (Å²) in [5.41, 5.74) is 2.67. The van der Waals surface area contributed by atoms with Gasteiger partial charge in [-0.1, -0.05) is 18.2 Å². The molecule has 0 radical (unpaired) electrons. The summed E-state index contributed by atoms with van der Waals surface area (Å²) in [4.78, 5) is 3.79. The first kappa shape index (κ1) is 18.2. The lowest BCUT2D eigenvalue weighted by atomic mass is 9.99. The van der Waals surface area contributed by atoms with E-state index in [1.54, 1.807) is 12.3 Å². The molecule has 0 fully saturated rings. The lowest BCUT2D eigenvalue weighted by Crippen LogP contribution is -2.14. The Hall–Kier alpha value is -1.61. The predicted molar refractivity (Wildman–Crippen MR) is 102 cm³/mol. The highest BCUT2D eigenvalue weighted by Gasteiger charge is 2.17. The van der Waals surface area contributed by atoms with Crippen molar-refractivity contribution < 1.29 is 12.8 Å². The molecule has 1 heterocycles. The van der Waals surface area contributed by atoms with Crippen LogP contribution < -0.4 is 5.14 Å². The zero-order chi connectivity index (χ0) is 18.2. The maximum atomic E-state index is 14.2. The van der Waals surface area contributed by atoms with Gasteiger partial charge in [0.1, 0.15) is 10.7 Å². The van der Waals surface area contributed by atoms with E-state index in [0.717, 1.165) is 32.2 Å². The summed E-state index contributed by atoms with van der Waals surface area (Å²) in [5.74, 6) is -0.909. The van der Waals surface area contributed by atoms with Gasteiger partial charge in [0.25, 0.3) is 0 Å². The number of aromatic nitrogens is 1. The molecule has 0 saturated carbocycles. The second kappa shape index (κ2) is 6.95. The number of hydrogen-bond donors (Lipinski definition) is 1. The average Bonchev–Trinajstić information content (AvgIpc) is 2.56. The van der Waals surface area contributed by atoms with Crippen LogP contribution in [-0.4, -0.2) is 13.4 Å². The van der Waals surface area contributed by atoms with E-state index in [9.17, 15) is 12.8 Å². The van der Waals surface area contributed by atoms with Gasteiger partial charge in [-0.05, 0) is 67.8 Å². The Morgan fingerprint density at radius 2 is 1.68 bits per heavy atom. The van der Waals surface area contributed by atoms with Crippen molar-refractivity contribution in [2.24, 2.45) is 5.14 Å². The largest absolute Gasteiger partial charge is 0.256 e. The Kier molecular flexibility index (Phi) is 5.06. The van der Waals surface area contributed by atoms with Crippen LogP contribution in [0.1, 0.15) is 0 Å². The van der Waals surface area contributed by atoms with Crippen LogP contribution in [0.2, 0.25) is 0 Å². The molecule has 0 unspecified atom stereocenters. The third-order valence-corrected chi connectivity index (χ3v) is 6.37. The minimum atomic E-state index is -4.11. The summed E-state index contributed by atoms with van der Waals surface area (Å²) in [7, 11) is -4.11. The molecule has 0 aliphatic rings. The summed E-state index contributed by atoms with van der Waals surface area (Å²) in [6.45, 7) is 0. The number of halogens is 3. The zero-order valence-corrected chi connectivity index (χ0v) is 16.6. The van der Waals surface area contributed by atoms with E-state index in [1.165, 1.54) is 6.07 Å². The Morgan fingerprint density at radius 1 is 0.960 bits per heavy atom. The van der Waals surface area contributed by atoms with Crippen LogP contribution in [0.15, 0.2) is 68.6 Å². The number of rotatable bonds is 3. The molecule has 3 aromatic rings. The van der Waals surface area contributed by atoms with Gasteiger partial charge in [0, 0.05) is 26.3 Å². The summed E-state index contributed by atoms with van der Waals surface area (Å²) < 4.78 is 38.7.